The second-order valence-electron chi connectivity index (χ2n) is 7.06. The van der Waals surface area contributed by atoms with Crippen LogP contribution in [-0.2, 0) is 0 Å². The van der Waals surface area contributed by atoms with Gasteiger partial charge in [0.2, 0.25) is 0 Å². The second kappa shape index (κ2) is 5.27. The maximum Gasteiger partial charge on any atom is 0.0136 e. The molecule has 2 aliphatic rings. The summed E-state index contributed by atoms with van der Waals surface area (Å²) >= 11 is 0. The molecule has 1 aliphatic carbocycles. The van der Waals surface area contributed by atoms with Crippen molar-refractivity contribution in [1.29, 1.82) is 0 Å². The van der Waals surface area contributed by atoms with Crippen LogP contribution < -0.4 is 5.32 Å². The van der Waals surface area contributed by atoms with Crippen LogP contribution in [-0.4, -0.2) is 37.1 Å². The van der Waals surface area contributed by atoms with Crippen molar-refractivity contribution in [3.05, 3.63) is 0 Å². The van der Waals surface area contributed by atoms with Crippen molar-refractivity contribution >= 4 is 0 Å². The monoisotopic (exact) mass is 238 g/mol. The summed E-state index contributed by atoms with van der Waals surface area (Å²) in [6, 6.07) is 0.890. The van der Waals surface area contributed by atoms with Gasteiger partial charge in [-0.15, -0.1) is 0 Å². The molecule has 1 saturated heterocycles. The lowest BCUT2D eigenvalue weighted by atomic mass is 9.77. The molecule has 100 valence electrons. The van der Waals surface area contributed by atoms with E-state index in [4.69, 9.17) is 0 Å². The average molecular weight is 238 g/mol. The molecule has 1 aliphatic heterocycles. The average Bonchev–Trinajstić information content (AvgIpc) is 2.65. The first-order chi connectivity index (χ1) is 8.02. The van der Waals surface area contributed by atoms with E-state index in [1.807, 2.05) is 0 Å². The van der Waals surface area contributed by atoms with Crippen molar-refractivity contribution in [1.82, 2.24) is 10.2 Å². The van der Waals surface area contributed by atoms with Crippen LogP contribution in [0, 0.1) is 17.3 Å². The first-order valence-electron chi connectivity index (χ1n) is 7.47. The normalized spacial score (nSPS) is 34.9. The van der Waals surface area contributed by atoms with Gasteiger partial charge in [-0.3, -0.25) is 4.90 Å². The van der Waals surface area contributed by atoms with Gasteiger partial charge >= 0.3 is 0 Å². The summed E-state index contributed by atoms with van der Waals surface area (Å²) in [5.74, 6) is 1.83. The molecule has 2 nitrogen and oxygen atoms in total. The molecule has 0 aromatic carbocycles. The number of likely N-dealkylation sites (tertiary alicyclic amines) is 1. The summed E-state index contributed by atoms with van der Waals surface area (Å²) < 4.78 is 0. The van der Waals surface area contributed by atoms with Crippen LogP contribution in [0.1, 0.15) is 47.0 Å². The molecule has 0 aromatic heterocycles. The van der Waals surface area contributed by atoms with Crippen LogP contribution in [0.3, 0.4) is 0 Å². The minimum absolute atomic E-state index is 0.496. The van der Waals surface area contributed by atoms with E-state index in [0.29, 0.717) is 5.41 Å². The summed E-state index contributed by atoms with van der Waals surface area (Å²) in [4.78, 5) is 2.78. The largest absolute Gasteiger partial charge is 0.317 e. The molecule has 0 bridgehead atoms. The molecule has 3 unspecified atom stereocenters. The molecule has 2 heteroatoms. The van der Waals surface area contributed by atoms with E-state index < -0.39 is 0 Å². The lowest BCUT2D eigenvalue weighted by molar-refractivity contribution is 0.0730. The molecule has 0 aromatic rings. The van der Waals surface area contributed by atoms with Gasteiger partial charge in [-0.05, 0) is 56.1 Å². The number of rotatable bonds is 4. The van der Waals surface area contributed by atoms with Gasteiger partial charge in [-0.2, -0.15) is 0 Å². The van der Waals surface area contributed by atoms with Gasteiger partial charge in [0.05, 0.1) is 0 Å². The van der Waals surface area contributed by atoms with Crippen LogP contribution in [0.15, 0.2) is 0 Å². The van der Waals surface area contributed by atoms with Gasteiger partial charge in [0, 0.05) is 12.6 Å². The molecular weight excluding hydrogens is 208 g/mol. The highest BCUT2D eigenvalue weighted by Gasteiger charge is 2.40. The zero-order valence-electron chi connectivity index (χ0n) is 12.1. The third kappa shape index (κ3) is 3.03. The van der Waals surface area contributed by atoms with Crippen LogP contribution >= 0.6 is 0 Å². The zero-order chi connectivity index (χ0) is 12.5. The highest BCUT2D eigenvalue weighted by molar-refractivity contribution is 4.95. The highest BCUT2D eigenvalue weighted by Crippen LogP contribution is 2.39. The van der Waals surface area contributed by atoms with E-state index in [-0.39, 0.29) is 0 Å². The number of nitrogens with one attached hydrogen (secondary N) is 1. The summed E-state index contributed by atoms with van der Waals surface area (Å²) in [6.07, 6.45) is 4.29. The number of hydrogen-bond donors (Lipinski definition) is 1. The van der Waals surface area contributed by atoms with E-state index in [0.717, 1.165) is 24.4 Å². The maximum atomic E-state index is 3.52. The van der Waals surface area contributed by atoms with Crippen molar-refractivity contribution in [2.45, 2.75) is 53.0 Å². The Morgan fingerprint density at radius 1 is 1.18 bits per heavy atom. The first kappa shape index (κ1) is 13.4. The third-order valence-corrected chi connectivity index (χ3v) is 4.95. The minimum Gasteiger partial charge on any atom is -0.317 e. The van der Waals surface area contributed by atoms with Gasteiger partial charge in [0.1, 0.15) is 0 Å². The quantitative estimate of drug-likeness (QED) is 0.810. The smallest absolute Gasteiger partial charge is 0.0136 e. The van der Waals surface area contributed by atoms with E-state index in [1.165, 1.54) is 38.9 Å². The Morgan fingerprint density at radius 2 is 1.94 bits per heavy atom. The molecule has 1 N–H and O–H groups in total. The predicted octanol–water partition coefficient (Wildman–Crippen LogP) is 2.74. The second-order valence-corrected chi connectivity index (χ2v) is 7.06. The molecule has 17 heavy (non-hydrogen) atoms. The molecule has 1 heterocycles. The molecule has 2 fully saturated rings. The number of hydrogen-bond acceptors (Lipinski definition) is 2. The molecule has 2 rings (SSSR count). The zero-order valence-corrected chi connectivity index (χ0v) is 12.1. The Bertz CT molecular complexity index is 244. The molecule has 3 atom stereocenters. The summed E-state index contributed by atoms with van der Waals surface area (Å²) in [5.41, 5.74) is 0.496. The summed E-state index contributed by atoms with van der Waals surface area (Å²) in [7, 11) is 0. The van der Waals surface area contributed by atoms with Crippen molar-refractivity contribution in [2.24, 2.45) is 17.3 Å². The Balaban J connectivity index is 1.80. The van der Waals surface area contributed by atoms with E-state index in [9.17, 15) is 0 Å². The Hall–Kier alpha value is -0.0800. The van der Waals surface area contributed by atoms with Gasteiger partial charge in [0.25, 0.3) is 0 Å². The fourth-order valence-electron chi connectivity index (χ4n) is 3.40. The highest BCUT2D eigenvalue weighted by atomic mass is 15.2. The molecule has 1 saturated carbocycles. The van der Waals surface area contributed by atoms with E-state index >= 15 is 0 Å². The lowest BCUT2D eigenvalue weighted by Gasteiger charge is -2.43. The topological polar surface area (TPSA) is 15.3 Å². The fourth-order valence-corrected chi connectivity index (χ4v) is 3.40. The standard InChI is InChI=1S/C15H30N2/c1-5-16-10-12-6-7-14(12)17-9-8-13(11-17)15(2,3)4/h12-14,16H,5-11H2,1-4H3. The molecule has 0 spiro atoms. The van der Waals surface area contributed by atoms with Gasteiger partial charge in [0.15, 0.2) is 0 Å². The van der Waals surface area contributed by atoms with E-state index in [1.54, 1.807) is 0 Å². The van der Waals surface area contributed by atoms with Crippen molar-refractivity contribution in [3.63, 3.8) is 0 Å². The van der Waals surface area contributed by atoms with Gasteiger partial charge in [-0.1, -0.05) is 27.7 Å². The summed E-state index contributed by atoms with van der Waals surface area (Å²) in [6.45, 7) is 14.4. The number of nitrogens with zero attached hydrogens (tertiary/aromatic N) is 1. The van der Waals surface area contributed by atoms with Crippen LogP contribution in [0.25, 0.3) is 0 Å². The molecule has 0 radical (unpaired) electrons. The van der Waals surface area contributed by atoms with Crippen LogP contribution in [0.2, 0.25) is 0 Å². The molecular formula is C15H30N2. The first-order valence-corrected chi connectivity index (χ1v) is 7.47. The van der Waals surface area contributed by atoms with Crippen molar-refractivity contribution in [2.75, 3.05) is 26.2 Å². The van der Waals surface area contributed by atoms with Gasteiger partial charge < -0.3 is 5.32 Å². The van der Waals surface area contributed by atoms with E-state index in [2.05, 4.69) is 37.9 Å². The predicted molar refractivity (Wildman–Crippen MR) is 74.2 cm³/mol. The van der Waals surface area contributed by atoms with Crippen molar-refractivity contribution in [3.8, 4) is 0 Å². The Morgan fingerprint density at radius 3 is 2.41 bits per heavy atom. The third-order valence-electron chi connectivity index (χ3n) is 4.95. The Kier molecular flexibility index (Phi) is 4.14. The SMILES string of the molecule is CCNCC1CCC1N1CCC(C(C)(C)C)C1. The maximum absolute atomic E-state index is 3.52. The lowest BCUT2D eigenvalue weighted by Crippen LogP contribution is -2.49. The molecule has 0 amide bonds. The Labute approximate surface area is 107 Å². The fraction of sp³-hybridized carbons (Fsp3) is 1.00. The van der Waals surface area contributed by atoms with Gasteiger partial charge in [-0.25, -0.2) is 0 Å². The summed E-state index contributed by atoms with van der Waals surface area (Å²) in [5, 5.41) is 3.52. The van der Waals surface area contributed by atoms with Crippen LogP contribution in [0.4, 0.5) is 0 Å². The van der Waals surface area contributed by atoms with Crippen LogP contribution in [0.5, 0.6) is 0 Å². The van der Waals surface area contributed by atoms with Crippen molar-refractivity contribution < 1.29 is 0 Å². The minimum atomic E-state index is 0.496.